The molecular formula is C36H36IN. The summed E-state index contributed by atoms with van der Waals surface area (Å²) in [5.74, 6) is 0. The minimum Gasteiger partial charge on any atom is -0.314 e. The Morgan fingerprint density at radius 1 is 0.895 bits per heavy atom. The van der Waals surface area contributed by atoms with Gasteiger partial charge in [0.1, 0.15) is 0 Å². The van der Waals surface area contributed by atoms with Gasteiger partial charge in [0.25, 0.3) is 0 Å². The van der Waals surface area contributed by atoms with Crippen LogP contribution in [0.2, 0.25) is 0 Å². The molecule has 1 nitrogen and oxygen atoms in total. The average Bonchev–Trinajstić information content (AvgIpc) is 2.92. The molecule has 2 heteroatoms. The number of benzene rings is 4. The standard InChI is InChI=1S/C36H36IN/c1-7-26(27-12-15-29(16-13-27)36(4,5)6)22-24(2)25(3)23-35-34-19-18-31-30-11-9-8-10-28(30)14-17-32(31)33(34)20-21-38(35)37/h7-22,35H,1,23H2,2-6H3/b25-24-,26-22+. The normalized spacial score (nSPS) is 16.5. The predicted octanol–water partition coefficient (Wildman–Crippen LogP) is 11.0. The average molecular weight is 610 g/mol. The van der Waals surface area contributed by atoms with E-state index in [0.717, 1.165) is 12.0 Å². The van der Waals surface area contributed by atoms with E-state index in [-0.39, 0.29) is 11.5 Å². The molecule has 4 aromatic rings. The smallest absolute Gasteiger partial charge is 0.0678 e. The molecule has 38 heavy (non-hydrogen) atoms. The second-order valence-electron chi connectivity index (χ2n) is 11.4. The van der Waals surface area contributed by atoms with E-state index in [4.69, 9.17) is 0 Å². The zero-order chi connectivity index (χ0) is 27.0. The molecule has 0 aromatic heterocycles. The van der Waals surface area contributed by atoms with Crippen molar-refractivity contribution in [1.82, 2.24) is 3.11 Å². The lowest BCUT2D eigenvalue weighted by atomic mass is 9.86. The van der Waals surface area contributed by atoms with Crippen LogP contribution in [-0.2, 0) is 5.41 Å². The van der Waals surface area contributed by atoms with E-state index in [1.54, 1.807) is 0 Å². The lowest BCUT2D eigenvalue weighted by molar-refractivity contribution is 0.479. The molecule has 1 aliphatic rings. The van der Waals surface area contributed by atoms with Crippen LogP contribution in [0.1, 0.15) is 69.3 Å². The van der Waals surface area contributed by atoms with Crippen LogP contribution in [0.25, 0.3) is 33.2 Å². The summed E-state index contributed by atoms with van der Waals surface area (Å²) in [6.07, 6.45) is 9.74. The first-order valence-corrected chi connectivity index (χ1v) is 14.3. The summed E-state index contributed by atoms with van der Waals surface area (Å²) >= 11 is 2.45. The van der Waals surface area contributed by atoms with Gasteiger partial charge in [-0.25, -0.2) is 0 Å². The van der Waals surface area contributed by atoms with E-state index < -0.39 is 0 Å². The molecule has 0 radical (unpaired) electrons. The lowest BCUT2D eigenvalue weighted by Crippen LogP contribution is -2.18. The lowest BCUT2D eigenvalue weighted by Gasteiger charge is -2.31. The Balaban J connectivity index is 1.48. The number of halogens is 1. The van der Waals surface area contributed by atoms with Gasteiger partial charge >= 0.3 is 0 Å². The third-order valence-electron chi connectivity index (χ3n) is 7.89. The Morgan fingerprint density at radius 2 is 1.61 bits per heavy atom. The molecule has 0 spiro atoms. The van der Waals surface area contributed by atoms with Crippen molar-refractivity contribution in [1.29, 1.82) is 0 Å². The van der Waals surface area contributed by atoms with Crippen LogP contribution in [0.3, 0.4) is 0 Å². The molecule has 192 valence electrons. The minimum atomic E-state index is 0.150. The highest BCUT2D eigenvalue weighted by Crippen LogP contribution is 2.41. The molecule has 1 unspecified atom stereocenters. The topological polar surface area (TPSA) is 3.24 Å². The molecule has 0 bridgehead atoms. The first-order valence-electron chi connectivity index (χ1n) is 13.4. The van der Waals surface area contributed by atoms with Crippen molar-refractivity contribution in [2.45, 2.75) is 52.5 Å². The van der Waals surface area contributed by atoms with Gasteiger partial charge in [0, 0.05) is 6.20 Å². The predicted molar refractivity (Wildman–Crippen MR) is 175 cm³/mol. The number of allylic oxidation sites excluding steroid dienone is 4. The van der Waals surface area contributed by atoms with E-state index in [0.29, 0.717) is 0 Å². The van der Waals surface area contributed by atoms with E-state index in [1.807, 2.05) is 6.08 Å². The number of hydrogen-bond acceptors (Lipinski definition) is 1. The Morgan fingerprint density at radius 3 is 2.32 bits per heavy atom. The van der Waals surface area contributed by atoms with Crippen LogP contribution in [0.5, 0.6) is 0 Å². The Kier molecular flexibility index (Phi) is 7.37. The van der Waals surface area contributed by atoms with Gasteiger partial charge in [-0.05, 0) is 81.1 Å². The second-order valence-corrected chi connectivity index (χ2v) is 12.5. The van der Waals surface area contributed by atoms with Gasteiger partial charge in [0.2, 0.25) is 0 Å². The fourth-order valence-electron chi connectivity index (χ4n) is 5.41. The summed E-state index contributed by atoms with van der Waals surface area (Å²) in [5, 5.41) is 5.27. The molecule has 0 amide bonds. The van der Waals surface area contributed by atoms with Crippen molar-refractivity contribution in [3.05, 3.63) is 131 Å². The third kappa shape index (κ3) is 5.11. The Labute approximate surface area is 241 Å². The molecule has 1 atom stereocenters. The highest BCUT2D eigenvalue weighted by Gasteiger charge is 2.24. The second kappa shape index (κ2) is 10.6. The number of fused-ring (bicyclic) bond motifs is 5. The summed E-state index contributed by atoms with van der Waals surface area (Å²) in [7, 11) is 0. The molecule has 0 aliphatic carbocycles. The maximum absolute atomic E-state index is 4.12. The van der Waals surface area contributed by atoms with Gasteiger partial charge < -0.3 is 3.11 Å². The van der Waals surface area contributed by atoms with Crippen molar-refractivity contribution in [2.75, 3.05) is 0 Å². The molecule has 0 saturated heterocycles. The van der Waals surface area contributed by atoms with E-state index in [2.05, 4.69) is 158 Å². The molecule has 1 heterocycles. The molecule has 1 aliphatic heterocycles. The fourth-order valence-corrected chi connectivity index (χ4v) is 6.07. The van der Waals surface area contributed by atoms with Crippen LogP contribution in [0.15, 0.2) is 109 Å². The van der Waals surface area contributed by atoms with Gasteiger partial charge in [-0.3, -0.25) is 0 Å². The highest BCUT2D eigenvalue weighted by atomic mass is 127. The zero-order valence-electron chi connectivity index (χ0n) is 23.1. The quantitative estimate of drug-likeness (QED) is 0.0942. The van der Waals surface area contributed by atoms with E-state index in [1.165, 1.54) is 54.9 Å². The van der Waals surface area contributed by atoms with Crippen molar-refractivity contribution in [3.8, 4) is 0 Å². The molecule has 0 saturated carbocycles. The van der Waals surface area contributed by atoms with Gasteiger partial charge in [-0.15, -0.1) is 0 Å². The molecular weight excluding hydrogens is 573 g/mol. The van der Waals surface area contributed by atoms with Crippen molar-refractivity contribution >= 4 is 56.1 Å². The van der Waals surface area contributed by atoms with Crippen LogP contribution < -0.4 is 0 Å². The minimum absolute atomic E-state index is 0.150. The molecule has 0 N–H and O–H groups in total. The summed E-state index contributed by atoms with van der Waals surface area (Å²) < 4.78 is 2.33. The fraction of sp³-hybridized carbons (Fsp3) is 0.222. The number of nitrogens with zero attached hydrogens (tertiary/aromatic N) is 1. The van der Waals surface area contributed by atoms with Gasteiger partial charge in [0.05, 0.1) is 28.9 Å². The van der Waals surface area contributed by atoms with Crippen LogP contribution in [0.4, 0.5) is 0 Å². The monoisotopic (exact) mass is 609 g/mol. The van der Waals surface area contributed by atoms with Crippen molar-refractivity contribution in [2.24, 2.45) is 0 Å². The first-order chi connectivity index (χ1) is 18.2. The van der Waals surface area contributed by atoms with Crippen LogP contribution >= 0.6 is 22.9 Å². The largest absolute Gasteiger partial charge is 0.314 e. The Bertz CT molecular complexity index is 1610. The Hall–Kier alpha value is -3.11. The van der Waals surface area contributed by atoms with Crippen LogP contribution in [0, 0.1) is 0 Å². The van der Waals surface area contributed by atoms with Gasteiger partial charge in [-0.2, -0.15) is 0 Å². The van der Waals surface area contributed by atoms with E-state index in [9.17, 15) is 0 Å². The molecule has 0 fully saturated rings. The van der Waals surface area contributed by atoms with Crippen molar-refractivity contribution < 1.29 is 0 Å². The first kappa shape index (κ1) is 26.5. The third-order valence-corrected chi connectivity index (χ3v) is 8.88. The molecule has 5 rings (SSSR count). The number of hydrogen-bond donors (Lipinski definition) is 0. The van der Waals surface area contributed by atoms with Crippen molar-refractivity contribution in [3.63, 3.8) is 0 Å². The highest BCUT2D eigenvalue weighted by molar-refractivity contribution is 14.1. The SMILES string of the molecule is C=C/C(=C\C(C)=C(\C)CC1c2ccc3c(ccc4ccccc43)c2C=CN1I)c1ccc(C(C)(C)C)cc1. The number of rotatable bonds is 5. The summed E-state index contributed by atoms with van der Waals surface area (Å²) in [5.41, 5.74) is 9.29. The zero-order valence-corrected chi connectivity index (χ0v) is 25.2. The van der Waals surface area contributed by atoms with E-state index >= 15 is 0 Å². The summed E-state index contributed by atoms with van der Waals surface area (Å²) in [6, 6.07) is 27.1. The maximum atomic E-state index is 4.12. The van der Waals surface area contributed by atoms with Gasteiger partial charge in [-0.1, -0.05) is 123 Å². The van der Waals surface area contributed by atoms with Crippen LogP contribution in [-0.4, -0.2) is 3.11 Å². The molecule has 4 aromatic carbocycles. The van der Waals surface area contributed by atoms with Gasteiger partial charge in [0.15, 0.2) is 0 Å². The summed E-state index contributed by atoms with van der Waals surface area (Å²) in [4.78, 5) is 0. The summed E-state index contributed by atoms with van der Waals surface area (Å²) in [6.45, 7) is 15.4. The maximum Gasteiger partial charge on any atom is 0.0678 e.